The molecule has 2 aliphatic heterocycles. The highest BCUT2D eigenvalue weighted by Gasteiger charge is 2.32. The Morgan fingerprint density at radius 3 is 2.89 bits per heavy atom. The van der Waals surface area contributed by atoms with E-state index in [1.54, 1.807) is 17.9 Å². The van der Waals surface area contributed by atoms with Crippen LogP contribution in [-0.4, -0.2) is 53.9 Å². The van der Waals surface area contributed by atoms with Crippen molar-refractivity contribution in [3.8, 4) is 11.5 Å². The smallest absolute Gasteiger partial charge is 0.358 e. The Balaban J connectivity index is 1.50. The van der Waals surface area contributed by atoms with Gasteiger partial charge in [0, 0.05) is 13.1 Å². The lowest BCUT2D eigenvalue weighted by Crippen LogP contribution is -2.40. The third-order valence-corrected chi connectivity index (χ3v) is 5.25. The van der Waals surface area contributed by atoms with Gasteiger partial charge in [-0.1, -0.05) is 12.1 Å². The molecular weight excluding hydrogens is 362 g/mol. The number of ether oxygens (including phenoxy) is 3. The van der Waals surface area contributed by atoms with Gasteiger partial charge in [0.15, 0.2) is 17.2 Å². The van der Waals surface area contributed by atoms with Gasteiger partial charge in [0.25, 0.3) is 0 Å². The van der Waals surface area contributed by atoms with E-state index in [0.29, 0.717) is 38.4 Å². The second-order valence-electron chi connectivity index (χ2n) is 7.01. The Morgan fingerprint density at radius 1 is 1.25 bits per heavy atom. The van der Waals surface area contributed by atoms with Gasteiger partial charge in [-0.15, -0.1) is 0 Å². The number of benzene rings is 1. The summed E-state index contributed by atoms with van der Waals surface area (Å²) >= 11 is 0. The maximum absolute atomic E-state index is 13.2. The van der Waals surface area contributed by atoms with Crippen LogP contribution in [0.25, 0.3) is 0 Å². The topological polar surface area (TPSA) is 82.9 Å². The minimum atomic E-state index is -0.468. The second-order valence-corrected chi connectivity index (χ2v) is 7.01. The molecule has 4 rings (SSSR count). The first-order valence-electron chi connectivity index (χ1n) is 9.33. The van der Waals surface area contributed by atoms with E-state index in [-0.39, 0.29) is 17.5 Å². The number of aromatic nitrogens is 2. The lowest BCUT2D eigenvalue weighted by Gasteiger charge is -2.30. The molecule has 0 saturated heterocycles. The summed E-state index contributed by atoms with van der Waals surface area (Å²) in [4.78, 5) is 26.7. The molecule has 148 valence electrons. The number of hydrogen-bond acceptors (Lipinski definition) is 6. The summed E-state index contributed by atoms with van der Waals surface area (Å²) in [7, 11) is 2.94. The fourth-order valence-corrected chi connectivity index (χ4v) is 3.83. The van der Waals surface area contributed by atoms with Crippen molar-refractivity contribution in [2.45, 2.75) is 25.9 Å². The zero-order chi connectivity index (χ0) is 19.7. The van der Waals surface area contributed by atoms with Crippen LogP contribution in [0.1, 0.15) is 28.2 Å². The highest BCUT2D eigenvalue weighted by atomic mass is 16.5. The zero-order valence-electron chi connectivity index (χ0n) is 16.0. The van der Waals surface area contributed by atoms with E-state index in [2.05, 4.69) is 5.10 Å². The Labute approximate surface area is 163 Å². The van der Waals surface area contributed by atoms with E-state index in [1.807, 2.05) is 23.1 Å². The molecule has 1 amide bonds. The molecule has 8 nitrogen and oxygen atoms in total. The Morgan fingerprint density at radius 2 is 2.11 bits per heavy atom. The zero-order valence-corrected chi connectivity index (χ0v) is 16.0. The summed E-state index contributed by atoms with van der Waals surface area (Å²) < 4.78 is 17.7. The molecule has 0 fully saturated rings. The van der Waals surface area contributed by atoms with E-state index in [1.165, 1.54) is 7.11 Å². The van der Waals surface area contributed by atoms with Crippen molar-refractivity contribution in [2.24, 2.45) is 5.92 Å². The molecule has 8 heteroatoms. The average molecular weight is 385 g/mol. The average Bonchev–Trinajstić information content (AvgIpc) is 3.03. The molecule has 0 saturated carbocycles. The number of esters is 1. The molecule has 0 N–H and O–H groups in total. The van der Waals surface area contributed by atoms with Crippen LogP contribution in [-0.2, 0) is 29.0 Å². The molecule has 2 aliphatic rings. The minimum Gasteiger partial charge on any atom is -0.493 e. The number of methoxy groups -OCH3 is 2. The van der Waals surface area contributed by atoms with Gasteiger partial charge in [-0.3, -0.25) is 9.48 Å². The van der Waals surface area contributed by atoms with Crippen LogP contribution in [0.4, 0.5) is 0 Å². The molecule has 1 unspecified atom stereocenters. The van der Waals surface area contributed by atoms with Crippen LogP contribution in [0.15, 0.2) is 24.3 Å². The van der Waals surface area contributed by atoms with Crippen molar-refractivity contribution < 1.29 is 23.8 Å². The van der Waals surface area contributed by atoms with E-state index >= 15 is 0 Å². The number of carbonyl (C=O) groups excluding carboxylic acids is 2. The third kappa shape index (κ3) is 3.30. The van der Waals surface area contributed by atoms with Crippen LogP contribution in [0.3, 0.4) is 0 Å². The van der Waals surface area contributed by atoms with Gasteiger partial charge in [-0.2, -0.15) is 5.10 Å². The van der Waals surface area contributed by atoms with Crippen molar-refractivity contribution in [3.63, 3.8) is 0 Å². The highest BCUT2D eigenvalue weighted by molar-refractivity contribution is 5.87. The van der Waals surface area contributed by atoms with E-state index < -0.39 is 5.97 Å². The van der Waals surface area contributed by atoms with Crippen LogP contribution >= 0.6 is 0 Å². The molecule has 0 radical (unpaired) electrons. The van der Waals surface area contributed by atoms with Crippen molar-refractivity contribution in [3.05, 3.63) is 41.2 Å². The predicted octanol–water partition coefficient (Wildman–Crippen LogP) is 1.66. The van der Waals surface area contributed by atoms with Crippen molar-refractivity contribution >= 4 is 11.9 Å². The lowest BCUT2D eigenvalue weighted by atomic mass is 9.95. The maximum atomic E-state index is 13.2. The minimum absolute atomic E-state index is 0.0581. The number of hydrogen-bond donors (Lipinski definition) is 0. The predicted molar refractivity (Wildman–Crippen MR) is 99.3 cm³/mol. The van der Waals surface area contributed by atoms with Crippen molar-refractivity contribution in [1.29, 1.82) is 0 Å². The molecule has 28 heavy (non-hydrogen) atoms. The molecule has 0 bridgehead atoms. The fourth-order valence-electron chi connectivity index (χ4n) is 3.83. The van der Waals surface area contributed by atoms with Crippen LogP contribution in [0.5, 0.6) is 11.5 Å². The van der Waals surface area contributed by atoms with Crippen LogP contribution < -0.4 is 9.47 Å². The molecule has 0 aliphatic carbocycles. The normalized spacial score (nSPS) is 18.4. The van der Waals surface area contributed by atoms with E-state index in [0.717, 1.165) is 23.4 Å². The number of para-hydroxylation sites is 1. The van der Waals surface area contributed by atoms with Crippen LogP contribution in [0.2, 0.25) is 0 Å². The number of aryl methyl sites for hydroxylation is 1. The van der Waals surface area contributed by atoms with Crippen LogP contribution in [0, 0.1) is 5.92 Å². The highest BCUT2D eigenvalue weighted by Crippen LogP contribution is 2.36. The SMILES string of the molecule is COC(=O)c1cc2n(n1)CCCN(C(=O)C1COc3c(cccc3OC)C1)C2. The Bertz CT molecular complexity index is 907. The molecule has 1 atom stereocenters. The van der Waals surface area contributed by atoms with Gasteiger partial charge in [-0.05, 0) is 30.5 Å². The standard InChI is InChI=1S/C20H23N3O5/c1-26-17-6-3-5-13-9-14(12-28-18(13)17)19(24)22-7-4-8-23-15(11-22)10-16(21-23)20(25)27-2/h3,5-6,10,14H,4,7-9,11-12H2,1-2H3. The first kappa shape index (κ1) is 18.3. The first-order chi connectivity index (χ1) is 13.6. The summed E-state index contributed by atoms with van der Waals surface area (Å²) in [5, 5.41) is 4.30. The number of nitrogens with zero attached hydrogens (tertiary/aromatic N) is 3. The lowest BCUT2D eigenvalue weighted by molar-refractivity contribution is -0.137. The number of amides is 1. The fraction of sp³-hybridized carbons (Fsp3) is 0.450. The summed E-state index contributed by atoms with van der Waals surface area (Å²) in [5.74, 6) is 0.768. The number of rotatable bonds is 3. The van der Waals surface area contributed by atoms with Gasteiger partial charge >= 0.3 is 5.97 Å². The van der Waals surface area contributed by atoms with Crippen molar-refractivity contribution in [2.75, 3.05) is 27.4 Å². The largest absolute Gasteiger partial charge is 0.493 e. The molecule has 1 aromatic heterocycles. The van der Waals surface area contributed by atoms with Gasteiger partial charge in [0.05, 0.1) is 32.4 Å². The number of fused-ring (bicyclic) bond motifs is 2. The van der Waals surface area contributed by atoms with E-state index in [4.69, 9.17) is 14.2 Å². The summed E-state index contributed by atoms with van der Waals surface area (Å²) in [6.45, 7) is 2.06. The first-order valence-corrected chi connectivity index (χ1v) is 9.33. The maximum Gasteiger partial charge on any atom is 0.358 e. The molecular formula is C20H23N3O5. The second kappa shape index (κ2) is 7.53. The van der Waals surface area contributed by atoms with E-state index in [9.17, 15) is 9.59 Å². The third-order valence-electron chi connectivity index (χ3n) is 5.25. The molecule has 2 aromatic rings. The molecule has 1 aromatic carbocycles. The van der Waals surface area contributed by atoms with Crippen molar-refractivity contribution in [1.82, 2.24) is 14.7 Å². The van der Waals surface area contributed by atoms with Gasteiger partial charge < -0.3 is 19.1 Å². The molecule has 3 heterocycles. The monoisotopic (exact) mass is 385 g/mol. The van der Waals surface area contributed by atoms with Gasteiger partial charge in [0.1, 0.15) is 6.61 Å². The van der Waals surface area contributed by atoms with Gasteiger partial charge in [-0.25, -0.2) is 4.79 Å². The Hall–Kier alpha value is -3.03. The summed E-state index contributed by atoms with van der Waals surface area (Å²) in [5.41, 5.74) is 2.09. The van der Waals surface area contributed by atoms with Gasteiger partial charge in [0.2, 0.25) is 5.91 Å². The quantitative estimate of drug-likeness (QED) is 0.748. The summed E-state index contributed by atoms with van der Waals surface area (Å²) in [6, 6.07) is 7.44. The summed E-state index contributed by atoms with van der Waals surface area (Å²) in [6.07, 6.45) is 1.40. The molecule has 0 spiro atoms. The Kier molecular flexibility index (Phi) is 4.93. The number of carbonyl (C=O) groups is 2.